The lowest BCUT2D eigenvalue weighted by Crippen LogP contribution is -2.56. The van der Waals surface area contributed by atoms with Crippen LogP contribution in [0.3, 0.4) is 0 Å². The number of phenolic OH excluding ortho intramolecular Hbond substituents is 1. The fourth-order valence-electron chi connectivity index (χ4n) is 3.89. The zero-order valence-corrected chi connectivity index (χ0v) is 20.5. The Balaban J connectivity index is 1.72. The highest BCUT2D eigenvalue weighted by molar-refractivity contribution is 5.86. The number of phenols is 1. The maximum atomic E-state index is 13.6. The highest BCUT2D eigenvalue weighted by Crippen LogP contribution is 2.22. The van der Waals surface area contributed by atoms with Crippen LogP contribution in [0.5, 0.6) is 5.75 Å². The minimum absolute atomic E-state index is 0.0322. The highest BCUT2D eigenvalue weighted by Gasteiger charge is 2.34. The lowest BCUT2D eigenvalue weighted by molar-refractivity contribution is -0.384. The molecule has 10 heteroatoms. The molecule has 188 valence electrons. The van der Waals surface area contributed by atoms with Crippen molar-refractivity contribution in [2.75, 3.05) is 38.1 Å². The van der Waals surface area contributed by atoms with E-state index in [1.165, 1.54) is 17.0 Å². The summed E-state index contributed by atoms with van der Waals surface area (Å²) in [6.45, 7) is 7.33. The van der Waals surface area contributed by atoms with Gasteiger partial charge in [0.05, 0.1) is 4.92 Å². The average molecular weight is 485 g/mol. The monoisotopic (exact) mass is 484 g/mol. The Bertz CT molecular complexity index is 1040. The van der Waals surface area contributed by atoms with Crippen LogP contribution < -0.4 is 4.90 Å². The van der Waals surface area contributed by atoms with Crippen LogP contribution in [0.4, 0.5) is 16.2 Å². The molecule has 1 saturated heterocycles. The van der Waals surface area contributed by atoms with E-state index in [2.05, 4.69) is 4.90 Å². The smallest absolute Gasteiger partial charge is 0.410 e. The number of hydrogen-bond acceptors (Lipinski definition) is 7. The van der Waals surface area contributed by atoms with Gasteiger partial charge in [0.2, 0.25) is 5.91 Å². The molecule has 0 radical (unpaired) electrons. The van der Waals surface area contributed by atoms with Crippen LogP contribution in [-0.2, 0) is 16.0 Å². The molecule has 2 aromatic carbocycles. The van der Waals surface area contributed by atoms with Crippen molar-refractivity contribution in [2.24, 2.45) is 0 Å². The van der Waals surface area contributed by atoms with Crippen molar-refractivity contribution in [2.45, 2.75) is 38.8 Å². The Kier molecular flexibility index (Phi) is 7.83. The molecule has 1 aliphatic rings. The molecule has 1 heterocycles. The van der Waals surface area contributed by atoms with E-state index < -0.39 is 22.7 Å². The van der Waals surface area contributed by atoms with E-state index in [0.717, 1.165) is 11.3 Å². The normalized spacial score (nSPS) is 14.9. The fourth-order valence-corrected chi connectivity index (χ4v) is 3.89. The number of anilines is 1. The van der Waals surface area contributed by atoms with E-state index in [1.807, 2.05) is 0 Å². The van der Waals surface area contributed by atoms with Gasteiger partial charge < -0.3 is 19.6 Å². The largest absolute Gasteiger partial charge is 0.508 e. The van der Waals surface area contributed by atoms with Crippen LogP contribution >= 0.6 is 0 Å². The third-order valence-electron chi connectivity index (χ3n) is 5.82. The van der Waals surface area contributed by atoms with Crippen LogP contribution in [0.25, 0.3) is 0 Å². The first-order valence-corrected chi connectivity index (χ1v) is 11.5. The molecular weight excluding hydrogens is 452 g/mol. The average Bonchev–Trinajstić information content (AvgIpc) is 2.82. The maximum absolute atomic E-state index is 13.6. The molecule has 3 rings (SSSR count). The molecule has 1 aliphatic heterocycles. The number of nitro benzene ring substituents is 1. The number of non-ortho nitro benzene ring substituents is 1. The number of ether oxygens (including phenoxy) is 1. The van der Waals surface area contributed by atoms with Gasteiger partial charge >= 0.3 is 6.09 Å². The van der Waals surface area contributed by atoms with E-state index in [4.69, 9.17) is 4.74 Å². The fraction of sp³-hybridized carbons (Fsp3) is 0.440. The Labute approximate surface area is 204 Å². The second kappa shape index (κ2) is 10.6. The van der Waals surface area contributed by atoms with Gasteiger partial charge in [0.1, 0.15) is 17.4 Å². The third kappa shape index (κ3) is 6.84. The van der Waals surface area contributed by atoms with Gasteiger partial charge in [-0.05, 0) is 50.6 Å². The van der Waals surface area contributed by atoms with Gasteiger partial charge in [-0.1, -0.05) is 12.1 Å². The van der Waals surface area contributed by atoms with Gasteiger partial charge in [-0.25, -0.2) is 4.79 Å². The zero-order valence-electron chi connectivity index (χ0n) is 20.5. The Morgan fingerprint density at radius 2 is 1.63 bits per heavy atom. The number of carbonyl (C=O) groups excluding carboxylic acids is 2. The number of amides is 2. The van der Waals surface area contributed by atoms with Crippen LogP contribution in [-0.4, -0.2) is 76.7 Å². The Morgan fingerprint density at radius 3 is 2.14 bits per heavy atom. The summed E-state index contributed by atoms with van der Waals surface area (Å²) in [4.78, 5) is 42.0. The summed E-state index contributed by atoms with van der Waals surface area (Å²) in [6.07, 6.45) is -0.309. The van der Waals surface area contributed by atoms with E-state index in [9.17, 15) is 24.8 Å². The van der Waals surface area contributed by atoms with E-state index in [1.54, 1.807) is 69.1 Å². The zero-order chi connectivity index (χ0) is 25.8. The van der Waals surface area contributed by atoms with Gasteiger partial charge in [-0.2, -0.15) is 0 Å². The molecule has 10 nitrogen and oxygen atoms in total. The summed E-state index contributed by atoms with van der Waals surface area (Å²) in [5.41, 5.74) is 0.994. The summed E-state index contributed by atoms with van der Waals surface area (Å²) in [5.74, 6) is -0.0609. The number of carbonyl (C=O) groups is 2. The van der Waals surface area contributed by atoms with Gasteiger partial charge in [0.15, 0.2) is 0 Å². The molecule has 2 aromatic rings. The predicted molar refractivity (Wildman–Crippen MR) is 131 cm³/mol. The van der Waals surface area contributed by atoms with Crippen molar-refractivity contribution in [3.05, 3.63) is 64.2 Å². The van der Waals surface area contributed by atoms with Crippen LogP contribution in [0.15, 0.2) is 48.5 Å². The summed E-state index contributed by atoms with van der Waals surface area (Å²) in [5, 5.41) is 20.5. The standard InChI is InChI=1S/C25H32N4O6/c1-25(2,3)35-24(32)26(4)22(17-18-5-11-21(30)12-6-18)23(31)28-15-13-27(14-16-28)19-7-9-20(10-8-19)29(33)34/h5-12,22,30H,13-17H2,1-4H3/t22-/m0/s1. The molecule has 1 N–H and O–H groups in total. The number of rotatable bonds is 6. The van der Waals surface area contributed by atoms with Gasteiger partial charge in [-0.3, -0.25) is 19.8 Å². The number of nitro groups is 1. The number of aromatic hydroxyl groups is 1. The molecule has 0 unspecified atom stereocenters. The topological polar surface area (TPSA) is 116 Å². The minimum Gasteiger partial charge on any atom is -0.508 e. The highest BCUT2D eigenvalue weighted by atomic mass is 16.6. The van der Waals surface area contributed by atoms with Gasteiger partial charge in [0, 0.05) is 57.5 Å². The lowest BCUT2D eigenvalue weighted by atomic mass is 10.0. The quantitative estimate of drug-likeness (QED) is 0.493. The first-order chi connectivity index (χ1) is 16.4. The van der Waals surface area contributed by atoms with E-state index in [-0.39, 0.29) is 23.8 Å². The van der Waals surface area contributed by atoms with Gasteiger partial charge in [0.25, 0.3) is 5.69 Å². The minimum atomic E-state index is -0.777. The third-order valence-corrected chi connectivity index (χ3v) is 5.82. The van der Waals surface area contributed by atoms with E-state index in [0.29, 0.717) is 26.2 Å². The molecule has 2 amide bonds. The van der Waals surface area contributed by atoms with Gasteiger partial charge in [-0.15, -0.1) is 0 Å². The molecule has 35 heavy (non-hydrogen) atoms. The first-order valence-electron chi connectivity index (χ1n) is 11.5. The van der Waals surface area contributed by atoms with Crippen molar-refractivity contribution >= 4 is 23.4 Å². The van der Waals surface area contributed by atoms with Crippen LogP contribution in [0.2, 0.25) is 0 Å². The molecule has 1 atom stereocenters. The summed E-state index contributed by atoms with van der Waals surface area (Å²) >= 11 is 0. The molecule has 0 bridgehead atoms. The number of nitrogens with zero attached hydrogens (tertiary/aromatic N) is 4. The molecule has 1 fully saturated rings. The molecule has 0 aromatic heterocycles. The number of likely N-dealkylation sites (N-methyl/N-ethyl adjacent to an activating group) is 1. The van der Waals surface area contributed by atoms with Crippen molar-refractivity contribution in [3.63, 3.8) is 0 Å². The molecular formula is C25H32N4O6. The Hall–Kier alpha value is -3.82. The van der Waals surface area contributed by atoms with Crippen molar-refractivity contribution in [3.8, 4) is 5.75 Å². The maximum Gasteiger partial charge on any atom is 0.410 e. The molecule has 0 saturated carbocycles. The van der Waals surface area contributed by atoms with Crippen molar-refractivity contribution < 1.29 is 24.4 Å². The van der Waals surface area contributed by atoms with Crippen molar-refractivity contribution in [1.29, 1.82) is 0 Å². The number of piperazine rings is 1. The molecule has 0 aliphatic carbocycles. The van der Waals surface area contributed by atoms with Crippen LogP contribution in [0.1, 0.15) is 26.3 Å². The van der Waals surface area contributed by atoms with Crippen molar-refractivity contribution in [1.82, 2.24) is 9.80 Å². The summed E-state index contributed by atoms with van der Waals surface area (Å²) < 4.78 is 5.50. The molecule has 0 spiro atoms. The number of benzene rings is 2. The number of hydrogen-bond donors (Lipinski definition) is 1. The summed E-state index contributed by atoms with van der Waals surface area (Å²) in [7, 11) is 1.56. The summed E-state index contributed by atoms with van der Waals surface area (Å²) in [6, 6.07) is 12.1. The first kappa shape index (κ1) is 25.8. The van der Waals surface area contributed by atoms with E-state index >= 15 is 0 Å². The Morgan fingerprint density at radius 1 is 1.06 bits per heavy atom. The predicted octanol–water partition coefficient (Wildman–Crippen LogP) is 3.43. The second-order valence-electron chi connectivity index (χ2n) is 9.56. The SMILES string of the molecule is CN(C(=O)OC(C)(C)C)[C@@H](Cc1ccc(O)cc1)C(=O)N1CCN(c2ccc([N+](=O)[O-])cc2)CC1. The second-order valence-corrected chi connectivity index (χ2v) is 9.56. The van der Waals surface area contributed by atoms with Crippen LogP contribution in [0, 0.1) is 10.1 Å². The lowest BCUT2D eigenvalue weighted by Gasteiger charge is -2.39.